The molecule has 0 aromatic carbocycles. The van der Waals surface area contributed by atoms with Gasteiger partial charge in [-0.2, -0.15) is 0 Å². The molecule has 11 heteroatoms. The number of esters is 1. The number of ether oxygens (including phenoxy) is 2. The topological polar surface area (TPSA) is 119 Å². The number of nitrogens with two attached hydrogens (primary N) is 1. The molecule has 0 aromatic heterocycles. The van der Waals surface area contributed by atoms with Crippen molar-refractivity contribution in [3.63, 3.8) is 0 Å². The SMILES string of the molecule is COC(=O)CN1CCN(CC2CN(CCCCN3CCN(C(=N)N)CC3)C(=O)O2)CC1. The van der Waals surface area contributed by atoms with Gasteiger partial charge in [0.05, 0.1) is 20.2 Å². The number of cyclic esters (lactones) is 1. The summed E-state index contributed by atoms with van der Waals surface area (Å²) in [5.74, 6) is -0.0445. The zero-order chi connectivity index (χ0) is 22.2. The lowest BCUT2D eigenvalue weighted by molar-refractivity contribution is -0.142. The molecule has 3 rings (SSSR count). The third-order valence-electron chi connectivity index (χ3n) is 6.32. The molecule has 3 aliphatic rings. The van der Waals surface area contributed by atoms with E-state index in [-0.39, 0.29) is 24.1 Å². The minimum absolute atomic E-state index is 0.0840. The monoisotopic (exact) mass is 439 g/mol. The molecule has 3 aliphatic heterocycles. The quantitative estimate of drug-likeness (QED) is 0.199. The molecule has 0 radical (unpaired) electrons. The van der Waals surface area contributed by atoms with Crippen molar-refractivity contribution in [1.29, 1.82) is 5.41 Å². The fraction of sp³-hybridized carbons (Fsp3) is 0.850. The summed E-state index contributed by atoms with van der Waals surface area (Å²) in [6, 6.07) is 0. The van der Waals surface area contributed by atoms with E-state index in [0.717, 1.165) is 84.8 Å². The first-order chi connectivity index (χ1) is 14.9. The van der Waals surface area contributed by atoms with Crippen molar-refractivity contribution in [2.24, 2.45) is 5.73 Å². The molecule has 1 atom stereocenters. The summed E-state index contributed by atoms with van der Waals surface area (Å²) in [6.45, 7) is 10.3. The average Bonchev–Trinajstić information content (AvgIpc) is 3.11. The third kappa shape index (κ3) is 7.22. The van der Waals surface area contributed by atoms with Crippen molar-refractivity contribution < 1.29 is 19.1 Å². The molecule has 3 saturated heterocycles. The molecule has 11 nitrogen and oxygen atoms in total. The van der Waals surface area contributed by atoms with Crippen LogP contribution in [0, 0.1) is 5.41 Å². The maximum atomic E-state index is 12.2. The first-order valence-electron chi connectivity index (χ1n) is 11.2. The van der Waals surface area contributed by atoms with Gasteiger partial charge in [0.2, 0.25) is 0 Å². The van der Waals surface area contributed by atoms with E-state index in [1.807, 2.05) is 9.80 Å². The number of hydrogen-bond donors (Lipinski definition) is 2. The summed E-state index contributed by atoms with van der Waals surface area (Å²) in [4.78, 5) is 34.1. The molecule has 31 heavy (non-hydrogen) atoms. The second kappa shape index (κ2) is 11.5. The normalized spacial score (nSPS) is 23.8. The van der Waals surface area contributed by atoms with Crippen LogP contribution in [0.1, 0.15) is 12.8 Å². The van der Waals surface area contributed by atoms with Crippen LogP contribution in [0.15, 0.2) is 0 Å². The van der Waals surface area contributed by atoms with E-state index in [1.165, 1.54) is 7.11 Å². The Morgan fingerprint density at radius 1 is 1.03 bits per heavy atom. The minimum atomic E-state index is -0.204. The van der Waals surface area contributed by atoms with E-state index in [1.54, 1.807) is 0 Å². The van der Waals surface area contributed by atoms with Crippen molar-refractivity contribution in [3.8, 4) is 0 Å². The molecule has 1 amide bonds. The van der Waals surface area contributed by atoms with Gasteiger partial charge in [0.25, 0.3) is 0 Å². The number of methoxy groups -OCH3 is 1. The number of amides is 1. The second-order valence-corrected chi connectivity index (χ2v) is 8.53. The van der Waals surface area contributed by atoms with Gasteiger partial charge in [0, 0.05) is 65.4 Å². The Hall–Kier alpha value is -2.11. The maximum Gasteiger partial charge on any atom is 0.410 e. The lowest BCUT2D eigenvalue weighted by atomic mass is 10.2. The molecular weight excluding hydrogens is 402 g/mol. The highest BCUT2D eigenvalue weighted by atomic mass is 16.6. The van der Waals surface area contributed by atoms with Crippen molar-refractivity contribution >= 4 is 18.0 Å². The van der Waals surface area contributed by atoms with Crippen LogP contribution in [0.3, 0.4) is 0 Å². The number of unbranched alkanes of at least 4 members (excludes halogenated alkanes) is 1. The molecule has 0 aliphatic carbocycles. The number of piperazine rings is 2. The summed E-state index contributed by atoms with van der Waals surface area (Å²) in [5, 5.41) is 7.49. The Labute approximate surface area is 184 Å². The van der Waals surface area contributed by atoms with Crippen molar-refractivity contribution in [1.82, 2.24) is 24.5 Å². The van der Waals surface area contributed by atoms with Gasteiger partial charge in [-0.25, -0.2) is 4.79 Å². The molecule has 3 fully saturated rings. The van der Waals surface area contributed by atoms with Gasteiger partial charge in [-0.15, -0.1) is 0 Å². The fourth-order valence-corrected chi connectivity index (χ4v) is 4.37. The van der Waals surface area contributed by atoms with Gasteiger partial charge >= 0.3 is 12.1 Å². The highest BCUT2D eigenvalue weighted by Gasteiger charge is 2.33. The van der Waals surface area contributed by atoms with Gasteiger partial charge in [-0.3, -0.25) is 24.9 Å². The molecule has 0 aromatic rings. The highest BCUT2D eigenvalue weighted by molar-refractivity contribution is 5.74. The van der Waals surface area contributed by atoms with E-state index in [2.05, 4.69) is 14.7 Å². The largest absolute Gasteiger partial charge is 0.468 e. The van der Waals surface area contributed by atoms with Crippen LogP contribution < -0.4 is 5.73 Å². The molecule has 0 spiro atoms. The molecular formula is C20H37N7O4. The predicted octanol–water partition coefficient (Wildman–Crippen LogP) is -1.11. The molecule has 0 saturated carbocycles. The lowest BCUT2D eigenvalue weighted by Crippen LogP contribution is -2.50. The molecule has 176 valence electrons. The molecule has 1 unspecified atom stereocenters. The van der Waals surface area contributed by atoms with Crippen LogP contribution in [-0.4, -0.2) is 141 Å². The van der Waals surface area contributed by atoms with Crippen molar-refractivity contribution in [2.75, 3.05) is 92.2 Å². The summed E-state index contributed by atoms with van der Waals surface area (Å²) >= 11 is 0. The Morgan fingerprint density at radius 2 is 1.65 bits per heavy atom. The van der Waals surface area contributed by atoms with Crippen LogP contribution in [0.2, 0.25) is 0 Å². The van der Waals surface area contributed by atoms with Gasteiger partial charge in [0.15, 0.2) is 5.96 Å². The summed E-state index contributed by atoms with van der Waals surface area (Å²) in [6.07, 6.45) is 1.71. The Bertz CT molecular complexity index is 619. The summed E-state index contributed by atoms with van der Waals surface area (Å²) in [7, 11) is 1.41. The minimum Gasteiger partial charge on any atom is -0.468 e. The number of carbonyl (C=O) groups is 2. The smallest absolute Gasteiger partial charge is 0.410 e. The van der Waals surface area contributed by atoms with Gasteiger partial charge in [-0.1, -0.05) is 0 Å². The number of nitrogens with one attached hydrogen (secondary N) is 1. The zero-order valence-corrected chi connectivity index (χ0v) is 18.6. The van der Waals surface area contributed by atoms with Crippen LogP contribution in [-0.2, 0) is 14.3 Å². The van der Waals surface area contributed by atoms with Gasteiger partial charge in [0.1, 0.15) is 6.10 Å². The average molecular weight is 440 g/mol. The zero-order valence-electron chi connectivity index (χ0n) is 18.6. The van der Waals surface area contributed by atoms with E-state index < -0.39 is 0 Å². The van der Waals surface area contributed by atoms with Crippen molar-refractivity contribution in [2.45, 2.75) is 18.9 Å². The first kappa shape index (κ1) is 23.6. The summed E-state index contributed by atoms with van der Waals surface area (Å²) < 4.78 is 10.3. The summed E-state index contributed by atoms with van der Waals surface area (Å²) in [5.41, 5.74) is 5.54. The van der Waals surface area contributed by atoms with Gasteiger partial charge in [-0.05, 0) is 19.4 Å². The number of hydrogen-bond acceptors (Lipinski definition) is 8. The van der Waals surface area contributed by atoms with E-state index in [0.29, 0.717) is 13.1 Å². The fourth-order valence-electron chi connectivity index (χ4n) is 4.37. The number of carbonyl (C=O) groups excluding carboxylic acids is 2. The maximum absolute atomic E-state index is 12.2. The van der Waals surface area contributed by atoms with Crippen LogP contribution in [0.25, 0.3) is 0 Å². The molecule has 3 N–H and O–H groups in total. The highest BCUT2D eigenvalue weighted by Crippen LogP contribution is 2.15. The van der Waals surface area contributed by atoms with Crippen molar-refractivity contribution in [3.05, 3.63) is 0 Å². The molecule has 0 bridgehead atoms. The standard InChI is InChI=1S/C20H37N7O4/c1-30-18(28)16-25-8-6-24(7-9-25)14-17-15-27(20(29)31-17)5-3-2-4-23-10-12-26(13-11-23)19(21)22/h17H,2-16H2,1H3,(H3,21,22). The predicted molar refractivity (Wildman–Crippen MR) is 116 cm³/mol. The lowest BCUT2D eigenvalue weighted by Gasteiger charge is -2.35. The number of rotatable bonds is 9. The molecule has 3 heterocycles. The Balaban J connectivity index is 1.27. The van der Waals surface area contributed by atoms with Crippen LogP contribution in [0.5, 0.6) is 0 Å². The first-order valence-corrected chi connectivity index (χ1v) is 11.2. The van der Waals surface area contributed by atoms with E-state index in [9.17, 15) is 9.59 Å². The van der Waals surface area contributed by atoms with E-state index in [4.69, 9.17) is 20.6 Å². The third-order valence-corrected chi connectivity index (χ3v) is 6.32. The Morgan fingerprint density at radius 3 is 2.29 bits per heavy atom. The number of guanidine groups is 1. The van der Waals surface area contributed by atoms with Gasteiger partial charge < -0.3 is 25.0 Å². The van der Waals surface area contributed by atoms with Crippen LogP contribution in [0.4, 0.5) is 4.79 Å². The Kier molecular flexibility index (Phi) is 8.73. The van der Waals surface area contributed by atoms with Crippen LogP contribution >= 0.6 is 0 Å². The van der Waals surface area contributed by atoms with E-state index >= 15 is 0 Å². The number of nitrogens with zero attached hydrogens (tertiary/aromatic N) is 5. The second-order valence-electron chi connectivity index (χ2n) is 8.53.